The molecule has 2 rings (SSSR count). The maximum atomic E-state index is 5.92. The van der Waals surface area contributed by atoms with Crippen molar-refractivity contribution in [1.82, 2.24) is 4.98 Å². The number of halogens is 1. The van der Waals surface area contributed by atoms with Gasteiger partial charge in [0.2, 0.25) is 0 Å². The topological polar surface area (TPSA) is 16.1 Å². The molecular formula is C12H17ClN2. The van der Waals surface area contributed by atoms with Gasteiger partial charge in [-0.25, -0.2) is 0 Å². The number of nitrogens with zero attached hydrogens (tertiary/aromatic N) is 2. The Kier molecular flexibility index (Phi) is 3.47. The van der Waals surface area contributed by atoms with E-state index in [-0.39, 0.29) is 0 Å². The van der Waals surface area contributed by atoms with Gasteiger partial charge in [-0.05, 0) is 31.7 Å². The highest BCUT2D eigenvalue weighted by atomic mass is 35.5. The first-order valence-corrected chi connectivity index (χ1v) is 6.12. The van der Waals surface area contributed by atoms with Gasteiger partial charge in [0, 0.05) is 36.7 Å². The zero-order valence-electron chi connectivity index (χ0n) is 9.12. The summed E-state index contributed by atoms with van der Waals surface area (Å²) in [5.41, 5.74) is 2.40. The molecule has 0 aromatic carbocycles. The van der Waals surface area contributed by atoms with Gasteiger partial charge in [0.25, 0.3) is 0 Å². The van der Waals surface area contributed by atoms with Gasteiger partial charge < -0.3 is 4.90 Å². The predicted octanol–water partition coefficient (Wildman–Crippen LogP) is 3.06. The average molecular weight is 225 g/mol. The van der Waals surface area contributed by atoms with Crippen LogP contribution < -0.4 is 4.90 Å². The molecule has 0 bridgehead atoms. The van der Waals surface area contributed by atoms with Gasteiger partial charge in [-0.15, -0.1) is 11.6 Å². The minimum absolute atomic E-state index is 0.546. The summed E-state index contributed by atoms with van der Waals surface area (Å²) >= 11 is 5.92. The Morgan fingerprint density at radius 3 is 2.93 bits per heavy atom. The molecule has 1 aromatic heterocycles. The summed E-state index contributed by atoms with van der Waals surface area (Å²) in [6.07, 6.45) is 6.49. The van der Waals surface area contributed by atoms with Gasteiger partial charge in [-0.1, -0.05) is 0 Å². The van der Waals surface area contributed by atoms with E-state index in [0.29, 0.717) is 5.88 Å². The second-order valence-corrected chi connectivity index (χ2v) is 4.39. The lowest BCUT2D eigenvalue weighted by atomic mass is 10.2. The number of anilines is 1. The van der Waals surface area contributed by atoms with Crippen molar-refractivity contribution in [2.24, 2.45) is 5.92 Å². The van der Waals surface area contributed by atoms with E-state index in [2.05, 4.69) is 22.9 Å². The molecule has 0 atom stereocenters. The van der Waals surface area contributed by atoms with Crippen LogP contribution in [0.15, 0.2) is 18.5 Å². The Morgan fingerprint density at radius 2 is 2.33 bits per heavy atom. The second kappa shape index (κ2) is 4.84. The van der Waals surface area contributed by atoms with Gasteiger partial charge in [-0.2, -0.15) is 0 Å². The van der Waals surface area contributed by atoms with E-state index >= 15 is 0 Å². The summed E-state index contributed by atoms with van der Waals surface area (Å²) in [6.45, 7) is 4.41. The van der Waals surface area contributed by atoms with Crippen LogP contribution in [-0.2, 0) is 5.88 Å². The molecule has 15 heavy (non-hydrogen) atoms. The van der Waals surface area contributed by atoms with Crippen LogP contribution in [-0.4, -0.2) is 18.1 Å². The highest BCUT2D eigenvalue weighted by Crippen LogP contribution is 2.32. The number of alkyl halides is 1. The minimum atomic E-state index is 0.546. The van der Waals surface area contributed by atoms with E-state index in [1.54, 1.807) is 0 Å². The molecule has 0 amide bonds. The molecule has 0 N–H and O–H groups in total. The van der Waals surface area contributed by atoms with Crippen LogP contribution in [0.2, 0.25) is 0 Å². The summed E-state index contributed by atoms with van der Waals surface area (Å²) in [4.78, 5) is 6.53. The fraction of sp³-hybridized carbons (Fsp3) is 0.583. The van der Waals surface area contributed by atoms with Crippen molar-refractivity contribution in [2.45, 2.75) is 25.6 Å². The number of hydrogen-bond donors (Lipinski definition) is 0. The molecule has 3 heteroatoms. The fourth-order valence-electron chi connectivity index (χ4n) is 1.84. The predicted molar refractivity (Wildman–Crippen MR) is 64.4 cm³/mol. The van der Waals surface area contributed by atoms with Gasteiger partial charge in [-0.3, -0.25) is 4.98 Å². The molecule has 1 aliphatic rings. The van der Waals surface area contributed by atoms with Crippen molar-refractivity contribution in [3.63, 3.8) is 0 Å². The van der Waals surface area contributed by atoms with Crippen molar-refractivity contribution in [2.75, 3.05) is 18.0 Å². The third-order valence-electron chi connectivity index (χ3n) is 2.92. The van der Waals surface area contributed by atoms with Crippen LogP contribution in [0.5, 0.6) is 0 Å². The summed E-state index contributed by atoms with van der Waals surface area (Å²) in [5, 5.41) is 0. The van der Waals surface area contributed by atoms with Crippen LogP contribution in [0.3, 0.4) is 0 Å². The summed E-state index contributed by atoms with van der Waals surface area (Å²) in [6, 6.07) is 2.07. The Balaban J connectivity index is 2.15. The normalized spacial score (nSPS) is 15.3. The van der Waals surface area contributed by atoms with Crippen molar-refractivity contribution in [1.29, 1.82) is 0 Å². The van der Waals surface area contributed by atoms with Gasteiger partial charge in [0.05, 0.1) is 5.88 Å². The molecule has 0 unspecified atom stereocenters. The van der Waals surface area contributed by atoms with Gasteiger partial charge in [0.1, 0.15) is 0 Å². The molecule has 1 fully saturated rings. The molecule has 0 radical (unpaired) electrons. The monoisotopic (exact) mass is 224 g/mol. The van der Waals surface area contributed by atoms with Crippen LogP contribution >= 0.6 is 11.6 Å². The molecule has 1 saturated carbocycles. The summed E-state index contributed by atoms with van der Waals surface area (Å²) < 4.78 is 0. The molecule has 0 aliphatic heterocycles. The van der Waals surface area contributed by atoms with Crippen molar-refractivity contribution in [3.05, 3.63) is 24.0 Å². The Bertz CT molecular complexity index is 323. The second-order valence-electron chi connectivity index (χ2n) is 4.12. The fourth-order valence-corrected chi connectivity index (χ4v) is 2.05. The third-order valence-corrected chi connectivity index (χ3v) is 3.21. The van der Waals surface area contributed by atoms with E-state index in [1.165, 1.54) is 25.1 Å². The molecule has 1 heterocycles. The number of aromatic nitrogens is 1. The SMILES string of the molecule is CCN(CC1CC1)c1ccncc1CCl. The van der Waals surface area contributed by atoms with Crippen LogP contribution in [0.4, 0.5) is 5.69 Å². The molecule has 2 nitrogen and oxygen atoms in total. The van der Waals surface area contributed by atoms with Crippen molar-refractivity contribution >= 4 is 17.3 Å². The van der Waals surface area contributed by atoms with E-state index in [9.17, 15) is 0 Å². The molecule has 1 aliphatic carbocycles. The highest BCUT2D eigenvalue weighted by molar-refractivity contribution is 6.17. The van der Waals surface area contributed by atoms with E-state index in [4.69, 9.17) is 11.6 Å². The standard InChI is InChI=1S/C12H17ClN2/c1-2-15(9-10-3-4-10)12-5-6-14-8-11(12)7-13/h5-6,8,10H,2-4,7,9H2,1H3. The Morgan fingerprint density at radius 1 is 1.53 bits per heavy atom. The molecule has 1 aromatic rings. The van der Waals surface area contributed by atoms with Crippen LogP contribution in [0, 0.1) is 5.92 Å². The lowest BCUT2D eigenvalue weighted by Gasteiger charge is -2.24. The number of rotatable bonds is 5. The van der Waals surface area contributed by atoms with Crippen molar-refractivity contribution in [3.8, 4) is 0 Å². The first-order chi connectivity index (χ1) is 7.35. The van der Waals surface area contributed by atoms with Gasteiger partial charge in [0.15, 0.2) is 0 Å². The minimum Gasteiger partial charge on any atom is -0.371 e. The third kappa shape index (κ3) is 2.63. The zero-order valence-corrected chi connectivity index (χ0v) is 9.87. The summed E-state index contributed by atoms with van der Waals surface area (Å²) in [7, 11) is 0. The van der Waals surface area contributed by atoms with E-state index in [1.807, 2.05) is 12.4 Å². The largest absolute Gasteiger partial charge is 0.371 e. The molecule has 0 spiro atoms. The Hall–Kier alpha value is -0.760. The maximum absolute atomic E-state index is 5.92. The maximum Gasteiger partial charge on any atom is 0.0509 e. The number of pyridine rings is 1. The first-order valence-electron chi connectivity index (χ1n) is 5.59. The van der Waals surface area contributed by atoms with E-state index in [0.717, 1.165) is 18.0 Å². The summed E-state index contributed by atoms with van der Waals surface area (Å²) in [5.74, 6) is 1.45. The zero-order chi connectivity index (χ0) is 10.7. The lowest BCUT2D eigenvalue weighted by molar-refractivity contribution is 0.739. The van der Waals surface area contributed by atoms with Gasteiger partial charge >= 0.3 is 0 Å². The number of hydrogen-bond acceptors (Lipinski definition) is 2. The molecule has 82 valence electrons. The quantitative estimate of drug-likeness (QED) is 0.715. The highest BCUT2D eigenvalue weighted by Gasteiger charge is 2.24. The first kappa shape index (κ1) is 10.7. The smallest absolute Gasteiger partial charge is 0.0509 e. The molecule has 0 saturated heterocycles. The molecular weight excluding hydrogens is 208 g/mol. The van der Waals surface area contributed by atoms with Crippen LogP contribution in [0.25, 0.3) is 0 Å². The van der Waals surface area contributed by atoms with E-state index < -0.39 is 0 Å². The van der Waals surface area contributed by atoms with Crippen molar-refractivity contribution < 1.29 is 0 Å². The Labute approximate surface area is 96.3 Å². The average Bonchev–Trinajstić information content (AvgIpc) is 3.10. The van der Waals surface area contributed by atoms with Crippen LogP contribution in [0.1, 0.15) is 25.3 Å². The lowest BCUT2D eigenvalue weighted by Crippen LogP contribution is -2.26.